The van der Waals surface area contributed by atoms with Gasteiger partial charge in [0.2, 0.25) is 0 Å². The van der Waals surface area contributed by atoms with Crippen molar-refractivity contribution in [3.05, 3.63) is 12.5 Å². The van der Waals surface area contributed by atoms with Crippen LogP contribution in [-0.2, 0) is 9.47 Å². The summed E-state index contributed by atoms with van der Waals surface area (Å²) in [6, 6.07) is 0. The van der Waals surface area contributed by atoms with E-state index < -0.39 is 0 Å². The van der Waals surface area contributed by atoms with Crippen LogP contribution in [0.4, 0.5) is 0 Å². The lowest BCUT2D eigenvalue weighted by Crippen LogP contribution is -2.26. The Labute approximate surface area is 66.4 Å². The van der Waals surface area contributed by atoms with Crippen molar-refractivity contribution in [3.8, 4) is 0 Å². The van der Waals surface area contributed by atoms with E-state index in [0.717, 1.165) is 13.0 Å². The maximum atomic E-state index is 5.47. The van der Waals surface area contributed by atoms with Crippen LogP contribution in [0.5, 0.6) is 0 Å². The van der Waals surface area contributed by atoms with E-state index in [1.54, 1.807) is 6.26 Å². The Bertz CT molecular complexity index is 144. The standard InChI is InChI=1S/C8H13NO2/c1-2-7(10-4-1)6-8-9-3-5-11-8/h3,5,7-9H,1-2,4,6H2. The first-order valence-electron chi connectivity index (χ1n) is 4.13. The van der Waals surface area contributed by atoms with Gasteiger partial charge in [-0.2, -0.15) is 0 Å². The molecule has 0 aromatic carbocycles. The second-order valence-electron chi connectivity index (χ2n) is 2.96. The topological polar surface area (TPSA) is 30.5 Å². The fourth-order valence-electron chi connectivity index (χ4n) is 1.51. The Morgan fingerprint density at radius 2 is 2.55 bits per heavy atom. The van der Waals surface area contributed by atoms with E-state index in [1.807, 2.05) is 6.20 Å². The lowest BCUT2D eigenvalue weighted by Gasteiger charge is -2.15. The Balaban J connectivity index is 1.72. The monoisotopic (exact) mass is 155 g/mol. The predicted octanol–water partition coefficient (Wildman–Crippen LogP) is 0.973. The van der Waals surface area contributed by atoms with Crippen LogP contribution in [0, 0.1) is 0 Å². The molecule has 3 nitrogen and oxygen atoms in total. The summed E-state index contributed by atoms with van der Waals surface area (Å²) < 4.78 is 10.7. The highest BCUT2D eigenvalue weighted by molar-refractivity contribution is 4.83. The van der Waals surface area contributed by atoms with Gasteiger partial charge in [0.25, 0.3) is 0 Å². The van der Waals surface area contributed by atoms with Crippen LogP contribution in [0.1, 0.15) is 19.3 Å². The summed E-state index contributed by atoms with van der Waals surface area (Å²) in [6.07, 6.45) is 7.43. The lowest BCUT2D eigenvalue weighted by atomic mass is 10.2. The molecule has 1 N–H and O–H groups in total. The third-order valence-corrected chi connectivity index (χ3v) is 2.09. The van der Waals surface area contributed by atoms with E-state index in [0.29, 0.717) is 6.10 Å². The van der Waals surface area contributed by atoms with Gasteiger partial charge in [-0.15, -0.1) is 0 Å². The normalized spacial score (nSPS) is 35.3. The lowest BCUT2D eigenvalue weighted by molar-refractivity contribution is 0.0477. The molecule has 0 aliphatic carbocycles. The summed E-state index contributed by atoms with van der Waals surface area (Å²) in [5.74, 6) is 0. The van der Waals surface area contributed by atoms with Gasteiger partial charge in [-0.25, -0.2) is 0 Å². The molecule has 0 aromatic rings. The van der Waals surface area contributed by atoms with Gasteiger partial charge in [0, 0.05) is 19.2 Å². The van der Waals surface area contributed by atoms with E-state index in [4.69, 9.17) is 9.47 Å². The minimum absolute atomic E-state index is 0.151. The number of nitrogens with one attached hydrogen (secondary N) is 1. The van der Waals surface area contributed by atoms with Gasteiger partial charge in [0.05, 0.1) is 6.10 Å². The van der Waals surface area contributed by atoms with Crippen LogP contribution < -0.4 is 5.32 Å². The summed E-state index contributed by atoms with van der Waals surface area (Å²) in [4.78, 5) is 0. The third-order valence-electron chi connectivity index (χ3n) is 2.09. The van der Waals surface area contributed by atoms with Crippen molar-refractivity contribution in [2.45, 2.75) is 31.6 Å². The average molecular weight is 155 g/mol. The summed E-state index contributed by atoms with van der Waals surface area (Å²) in [5, 5.41) is 3.10. The minimum atomic E-state index is 0.151. The van der Waals surface area contributed by atoms with E-state index in [9.17, 15) is 0 Å². The predicted molar refractivity (Wildman–Crippen MR) is 40.7 cm³/mol. The maximum Gasteiger partial charge on any atom is 0.171 e. The fourth-order valence-corrected chi connectivity index (χ4v) is 1.51. The summed E-state index contributed by atoms with van der Waals surface area (Å²) >= 11 is 0. The largest absolute Gasteiger partial charge is 0.477 e. The minimum Gasteiger partial charge on any atom is -0.477 e. The number of ether oxygens (including phenoxy) is 2. The summed E-state index contributed by atoms with van der Waals surface area (Å²) in [5.41, 5.74) is 0. The van der Waals surface area contributed by atoms with Crippen LogP contribution in [0.3, 0.4) is 0 Å². The van der Waals surface area contributed by atoms with Gasteiger partial charge in [-0.05, 0) is 12.8 Å². The summed E-state index contributed by atoms with van der Waals surface area (Å²) in [7, 11) is 0. The third kappa shape index (κ3) is 1.66. The molecule has 0 amide bonds. The molecule has 2 atom stereocenters. The highest BCUT2D eigenvalue weighted by atomic mass is 16.5. The van der Waals surface area contributed by atoms with Gasteiger partial charge >= 0.3 is 0 Å². The smallest absolute Gasteiger partial charge is 0.171 e. The Hall–Kier alpha value is -0.700. The molecule has 0 aromatic heterocycles. The van der Waals surface area contributed by atoms with Gasteiger partial charge in [0.1, 0.15) is 6.26 Å². The molecule has 62 valence electrons. The van der Waals surface area contributed by atoms with Crippen molar-refractivity contribution >= 4 is 0 Å². The van der Waals surface area contributed by atoms with Crippen molar-refractivity contribution in [2.75, 3.05) is 6.61 Å². The second kappa shape index (κ2) is 3.13. The Kier molecular flexibility index (Phi) is 1.99. The first kappa shape index (κ1) is 6.98. The fraction of sp³-hybridized carbons (Fsp3) is 0.750. The van der Waals surface area contributed by atoms with Crippen molar-refractivity contribution in [2.24, 2.45) is 0 Å². The zero-order valence-corrected chi connectivity index (χ0v) is 6.45. The maximum absolute atomic E-state index is 5.47. The van der Waals surface area contributed by atoms with E-state index >= 15 is 0 Å². The van der Waals surface area contributed by atoms with Crippen LogP contribution in [0.2, 0.25) is 0 Å². The SMILES string of the molecule is C1=COC(CC2CCCO2)N1. The van der Waals surface area contributed by atoms with Gasteiger partial charge in [-0.3, -0.25) is 0 Å². The summed E-state index contributed by atoms with van der Waals surface area (Å²) in [6.45, 7) is 0.921. The number of rotatable bonds is 2. The molecule has 0 saturated carbocycles. The van der Waals surface area contributed by atoms with Crippen LogP contribution in [0.15, 0.2) is 12.5 Å². The highest BCUT2D eigenvalue weighted by Gasteiger charge is 2.21. The molecular formula is C8H13NO2. The molecule has 2 aliphatic heterocycles. The molecule has 11 heavy (non-hydrogen) atoms. The molecule has 3 heteroatoms. The molecule has 1 saturated heterocycles. The Morgan fingerprint density at radius 3 is 3.18 bits per heavy atom. The van der Waals surface area contributed by atoms with Gasteiger partial charge < -0.3 is 14.8 Å². The molecule has 0 spiro atoms. The van der Waals surface area contributed by atoms with Crippen LogP contribution >= 0.6 is 0 Å². The first-order valence-corrected chi connectivity index (χ1v) is 4.13. The molecule has 2 rings (SSSR count). The van der Waals surface area contributed by atoms with Crippen molar-refractivity contribution in [3.63, 3.8) is 0 Å². The van der Waals surface area contributed by atoms with Crippen molar-refractivity contribution < 1.29 is 9.47 Å². The quantitative estimate of drug-likeness (QED) is 0.644. The van der Waals surface area contributed by atoms with Crippen LogP contribution in [0.25, 0.3) is 0 Å². The average Bonchev–Trinajstić information content (AvgIpc) is 2.60. The van der Waals surface area contributed by atoms with Crippen molar-refractivity contribution in [1.82, 2.24) is 5.32 Å². The molecule has 2 aliphatic rings. The first-order chi connectivity index (χ1) is 5.45. The second-order valence-corrected chi connectivity index (χ2v) is 2.96. The molecule has 2 unspecified atom stereocenters. The van der Waals surface area contributed by atoms with E-state index in [-0.39, 0.29) is 6.23 Å². The Morgan fingerprint density at radius 1 is 1.55 bits per heavy atom. The zero-order chi connectivity index (χ0) is 7.52. The van der Waals surface area contributed by atoms with E-state index in [2.05, 4.69) is 5.32 Å². The highest BCUT2D eigenvalue weighted by Crippen LogP contribution is 2.18. The zero-order valence-electron chi connectivity index (χ0n) is 6.45. The number of hydrogen-bond acceptors (Lipinski definition) is 3. The van der Waals surface area contributed by atoms with Crippen LogP contribution in [-0.4, -0.2) is 18.9 Å². The van der Waals surface area contributed by atoms with Gasteiger partial charge in [0.15, 0.2) is 6.23 Å². The molecule has 1 fully saturated rings. The molecule has 2 heterocycles. The van der Waals surface area contributed by atoms with Gasteiger partial charge in [-0.1, -0.05) is 0 Å². The molecular weight excluding hydrogens is 142 g/mol. The number of hydrogen-bond donors (Lipinski definition) is 1. The van der Waals surface area contributed by atoms with Crippen molar-refractivity contribution in [1.29, 1.82) is 0 Å². The van der Waals surface area contributed by atoms with E-state index in [1.165, 1.54) is 12.8 Å². The molecule has 0 bridgehead atoms. The molecule has 0 radical (unpaired) electrons.